The van der Waals surface area contributed by atoms with Gasteiger partial charge >= 0.3 is 0 Å². The van der Waals surface area contributed by atoms with Crippen LogP contribution in [0.4, 0.5) is 5.69 Å². The fraction of sp³-hybridized carbons (Fsp3) is 0.424. The van der Waals surface area contributed by atoms with Crippen molar-refractivity contribution in [1.29, 1.82) is 0 Å². The van der Waals surface area contributed by atoms with Crippen molar-refractivity contribution in [3.63, 3.8) is 0 Å². The van der Waals surface area contributed by atoms with Crippen molar-refractivity contribution in [1.82, 2.24) is 0 Å². The Morgan fingerprint density at radius 2 is 1.86 bits per heavy atom. The first kappa shape index (κ1) is 25.9. The third kappa shape index (κ3) is 5.29. The topological polar surface area (TPSA) is 38.3 Å². The van der Waals surface area contributed by atoms with Gasteiger partial charge < -0.3 is 10.1 Å². The molecule has 3 aromatic rings. The van der Waals surface area contributed by atoms with E-state index >= 15 is 0 Å². The van der Waals surface area contributed by atoms with Gasteiger partial charge in [0.25, 0.3) is 0 Å². The number of rotatable bonds is 8. The van der Waals surface area contributed by atoms with Crippen molar-refractivity contribution in [3.8, 4) is 5.75 Å². The smallest absolute Gasteiger partial charge is 0.162 e. The van der Waals surface area contributed by atoms with Crippen LogP contribution in [0.25, 0.3) is 16.3 Å². The summed E-state index contributed by atoms with van der Waals surface area (Å²) in [4.78, 5) is 13.8. The fourth-order valence-corrected chi connectivity index (χ4v) is 6.24. The minimum Gasteiger partial charge on any atom is -0.490 e. The average Bonchev–Trinajstić information content (AvgIpc) is 2.86. The van der Waals surface area contributed by atoms with Crippen molar-refractivity contribution in [2.24, 2.45) is 5.41 Å². The summed E-state index contributed by atoms with van der Waals surface area (Å²) >= 11 is 6.54. The number of nitrogens with one attached hydrogen (secondary N) is 1. The van der Waals surface area contributed by atoms with Gasteiger partial charge in [0.05, 0.1) is 12.1 Å². The summed E-state index contributed by atoms with van der Waals surface area (Å²) in [5.74, 6) is 1.01. The Balaban J connectivity index is 1.60. The number of allylic oxidation sites excluding steroid dienone is 1. The number of carbonyl (C=O) groups excluding carboxylic acids is 1. The van der Waals surface area contributed by atoms with Gasteiger partial charge in [-0.15, -0.1) is 0 Å². The van der Waals surface area contributed by atoms with Gasteiger partial charge in [-0.3, -0.25) is 4.79 Å². The van der Waals surface area contributed by atoms with E-state index in [1.54, 1.807) is 0 Å². The third-order valence-corrected chi connectivity index (χ3v) is 8.05. The monoisotopic (exact) mass is 515 g/mol. The first-order valence-corrected chi connectivity index (χ1v) is 14.2. The number of ketones is 1. The predicted octanol–water partition coefficient (Wildman–Crippen LogP) is 9.54. The molecule has 1 aliphatic carbocycles. The summed E-state index contributed by atoms with van der Waals surface area (Å²) < 4.78 is 6.52. The van der Waals surface area contributed by atoms with Crippen LogP contribution in [0.3, 0.4) is 0 Å². The highest BCUT2D eigenvalue weighted by Gasteiger charge is 2.41. The molecule has 37 heavy (non-hydrogen) atoms. The standard InChI is InChI=1S/C33H38ClNO2/c1-5-6-7-8-11-21(2)37-29-17-15-23(34)18-25(29)32-31-26(19-33(3,4)20-28(31)36)30-24-13-10-9-12-22(24)14-16-27(30)35-32/h9-10,12-18,21,32,35H,5-8,11,19-20H2,1-4H3/t21-,32-/m1/s1. The fourth-order valence-electron chi connectivity index (χ4n) is 6.06. The van der Waals surface area contributed by atoms with Crippen LogP contribution >= 0.6 is 11.6 Å². The Morgan fingerprint density at radius 3 is 2.68 bits per heavy atom. The third-order valence-electron chi connectivity index (χ3n) is 7.81. The molecule has 3 nitrogen and oxygen atoms in total. The number of ether oxygens (including phenoxy) is 1. The Kier molecular flexibility index (Phi) is 7.36. The minimum atomic E-state index is -0.298. The molecule has 5 rings (SSSR count). The lowest BCUT2D eigenvalue weighted by atomic mass is 9.68. The number of Topliss-reactive ketones (excluding diaryl/α,β-unsaturated/α-hetero) is 1. The zero-order chi connectivity index (χ0) is 26.2. The zero-order valence-corrected chi connectivity index (χ0v) is 23.3. The van der Waals surface area contributed by atoms with Gasteiger partial charge in [0.1, 0.15) is 5.75 Å². The highest BCUT2D eigenvalue weighted by Crippen LogP contribution is 2.53. The number of hydrogen-bond acceptors (Lipinski definition) is 3. The lowest BCUT2D eigenvalue weighted by molar-refractivity contribution is -0.118. The molecule has 194 valence electrons. The van der Waals surface area contributed by atoms with Gasteiger partial charge in [0.2, 0.25) is 0 Å². The Hall–Kier alpha value is -2.78. The van der Waals surface area contributed by atoms with Crippen molar-refractivity contribution in [3.05, 3.63) is 76.3 Å². The van der Waals surface area contributed by atoms with Crippen molar-refractivity contribution < 1.29 is 9.53 Å². The largest absolute Gasteiger partial charge is 0.490 e. The molecular weight excluding hydrogens is 478 g/mol. The molecule has 4 heteroatoms. The second-order valence-electron chi connectivity index (χ2n) is 11.6. The number of unbranched alkanes of at least 4 members (excludes halogenated alkanes) is 3. The molecule has 0 radical (unpaired) electrons. The summed E-state index contributed by atoms with van der Waals surface area (Å²) in [5, 5.41) is 6.77. The molecule has 0 bridgehead atoms. The lowest BCUT2D eigenvalue weighted by Crippen LogP contribution is -2.33. The predicted molar refractivity (Wildman–Crippen MR) is 156 cm³/mol. The van der Waals surface area contributed by atoms with Gasteiger partial charge in [0.15, 0.2) is 5.78 Å². The Morgan fingerprint density at radius 1 is 1.05 bits per heavy atom. The van der Waals surface area contributed by atoms with Gasteiger partial charge in [-0.2, -0.15) is 0 Å². The molecule has 0 spiro atoms. The van der Waals surface area contributed by atoms with E-state index in [9.17, 15) is 4.79 Å². The van der Waals surface area contributed by atoms with Crippen LogP contribution in [-0.2, 0) is 4.79 Å². The molecule has 2 atom stereocenters. The van der Waals surface area contributed by atoms with E-state index in [1.165, 1.54) is 35.6 Å². The Labute approximate surface area is 226 Å². The quantitative estimate of drug-likeness (QED) is 0.303. The van der Waals surface area contributed by atoms with Crippen molar-refractivity contribution in [2.75, 3.05) is 5.32 Å². The molecule has 0 saturated heterocycles. The van der Waals surface area contributed by atoms with Crippen LogP contribution in [-0.4, -0.2) is 11.9 Å². The van der Waals surface area contributed by atoms with Gasteiger partial charge in [-0.1, -0.05) is 82.0 Å². The van der Waals surface area contributed by atoms with Gasteiger partial charge in [-0.25, -0.2) is 0 Å². The summed E-state index contributed by atoms with van der Waals surface area (Å²) in [6, 6.07) is 18.3. The molecule has 2 aliphatic rings. The van der Waals surface area contributed by atoms with Crippen molar-refractivity contribution >= 4 is 39.4 Å². The van der Waals surface area contributed by atoms with Gasteiger partial charge in [-0.05, 0) is 72.2 Å². The molecule has 1 N–H and O–H groups in total. The van der Waals surface area contributed by atoms with Crippen LogP contribution in [0.2, 0.25) is 5.02 Å². The second-order valence-corrected chi connectivity index (χ2v) is 12.0. The molecule has 1 heterocycles. The van der Waals surface area contributed by atoms with Crippen LogP contribution in [0.1, 0.15) is 89.8 Å². The van der Waals surface area contributed by atoms with Crippen molar-refractivity contribution in [2.45, 2.75) is 84.8 Å². The van der Waals surface area contributed by atoms with Crippen LogP contribution in [0.5, 0.6) is 5.75 Å². The summed E-state index contributed by atoms with van der Waals surface area (Å²) in [7, 11) is 0. The number of fused-ring (bicyclic) bond motifs is 4. The molecule has 0 saturated carbocycles. The first-order chi connectivity index (χ1) is 17.8. The van der Waals surface area contributed by atoms with E-state index in [0.717, 1.165) is 47.4 Å². The Bertz CT molecular complexity index is 1360. The van der Waals surface area contributed by atoms with E-state index in [1.807, 2.05) is 18.2 Å². The van der Waals surface area contributed by atoms with E-state index < -0.39 is 0 Å². The van der Waals surface area contributed by atoms with E-state index in [-0.39, 0.29) is 23.3 Å². The van der Waals surface area contributed by atoms with Crippen LogP contribution < -0.4 is 10.1 Å². The average molecular weight is 516 g/mol. The maximum Gasteiger partial charge on any atom is 0.162 e. The summed E-state index contributed by atoms with van der Waals surface area (Å²) in [5.41, 5.74) is 5.10. The molecule has 0 amide bonds. The summed E-state index contributed by atoms with van der Waals surface area (Å²) in [6.07, 6.45) is 7.36. The normalized spacial score (nSPS) is 19.3. The van der Waals surface area contributed by atoms with Crippen LogP contribution in [0, 0.1) is 5.41 Å². The number of anilines is 1. The van der Waals surface area contributed by atoms with E-state index in [0.29, 0.717) is 11.4 Å². The maximum atomic E-state index is 13.8. The number of carbonyl (C=O) groups is 1. The highest BCUT2D eigenvalue weighted by molar-refractivity contribution is 6.30. The lowest BCUT2D eigenvalue weighted by Gasteiger charge is -2.40. The van der Waals surface area contributed by atoms with E-state index in [4.69, 9.17) is 16.3 Å². The number of halogens is 1. The molecule has 0 fully saturated rings. The minimum absolute atomic E-state index is 0.0889. The highest BCUT2D eigenvalue weighted by atomic mass is 35.5. The molecular formula is C33H38ClNO2. The van der Waals surface area contributed by atoms with E-state index in [2.05, 4.69) is 69.4 Å². The SMILES string of the molecule is CCCCCC[C@@H](C)Oc1ccc(Cl)cc1[C@H]1Nc2ccc3ccccc3c2C2=C1C(=O)CC(C)(C)C2. The molecule has 3 aromatic carbocycles. The molecule has 0 unspecified atom stereocenters. The molecule has 0 aromatic heterocycles. The second kappa shape index (κ2) is 10.5. The molecule has 1 aliphatic heterocycles. The maximum absolute atomic E-state index is 13.8. The number of hydrogen-bond donors (Lipinski definition) is 1. The summed E-state index contributed by atoms with van der Waals surface area (Å²) in [6.45, 7) is 8.77. The van der Waals surface area contributed by atoms with Crippen LogP contribution in [0.15, 0.2) is 60.2 Å². The van der Waals surface area contributed by atoms with Gasteiger partial charge in [0, 0.05) is 33.8 Å². The first-order valence-electron chi connectivity index (χ1n) is 13.8. The number of benzene rings is 3. The zero-order valence-electron chi connectivity index (χ0n) is 22.5.